The highest BCUT2D eigenvalue weighted by molar-refractivity contribution is 7.86. The topological polar surface area (TPSA) is 86.7 Å². The first-order valence-corrected chi connectivity index (χ1v) is 8.70. The van der Waals surface area contributed by atoms with Crippen LogP contribution < -0.4 is 0 Å². The first kappa shape index (κ1) is 15.4. The molecule has 0 aromatic carbocycles. The summed E-state index contributed by atoms with van der Waals surface area (Å²) in [5.74, 6) is -1.24. The number of carbonyl (C=O) groups excluding carboxylic acids is 2. The molecule has 0 heterocycles. The van der Waals surface area contributed by atoms with Gasteiger partial charge in [-0.25, -0.2) is 0 Å². The highest BCUT2D eigenvalue weighted by Crippen LogP contribution is 2.44. The van der Waals surface area contributed by atoms with Gasteiger partial charge in [0.25, 0.3) is 10.1 Å². The second-order valence-electron chi connectivity index (χ2n) is 5.67. The van der Waals surface area contributed by atoms with E-state index in [2.05, 4.69) is 0 Å². The van der Waals surface area contributed by atoms with Gasteiger partial charge in [0.2, 0.25) is 0 Å². The minimum atomic E-state index is -3.73. The largest absolute Gasteiger partial charge is 0.465 e. The van der Waals surface area contributed by atoms with E-state index in [0.29, 0.717) is 24.7 Å². The third-order valence-electron chi connectivity index (χ3n) is 3.97. The van der Waals surface area contributed by atoms with Crippen molar-refractivity contribution in [3.63, 3.8) is 0 Å². The lowest BCUT2D eigenvalue weighted by molar-refractivity contribution is -0.156. The van der Waals surface area contributed by atoms with Crippen LogP contribution in [0.5, 0.6) is 0 Å². The Balaban J connectivity index is 2.17. The van der Waals surface area contributed by atoms with Crippen molar-refractivity contribution in [2.75, 3.05) is 12.9 Å². The molecule has 0 aromatic heterocycles. The minimum Gasteiger partial charge on any atom is -0.465 e. The van der Waals surface area contributed by atoms with Gasteiger partial charge in [0.15, 0.2) is 5.78 Å². The van der Waals surface area contributed by atoms with Gasteiger partial charge in [-0.1, -0.05) is 0 Å². The predicted octanol–water partition coefficient (Wildman–Crippen LogP) is 0.900. The lowest BCUT2D eigenvalue weighted by Crippen LogP contribution is -2.45. The van der Waals surface area contributed by atoms with Crippen LogP contribution in [-0.2, 0) is 28.6 Å². The molecule has 7 heteroatoms. The average molecular weight is 304 g/mol. The number of esters is 1. The Bertz CT molecular complexity index is 491. The van der Waals surface area contributed by atoms with Gasteiger partial charge in [0, 0.05) is 0 Å². The van der Waals surface area contributed by atoms with E-state index >= 15 is 0 Å². The molecule has 3 aliphatic carbocycles. The zero-order valence-corrected chi connectivity index (χ0v) is 12.5. The Labute approximate surface area is 118 Å². The molecule has 3 aliphatic rings. The molecule has 2 bridgehead atoms. The van der Waals surface area contributed by atoms with Crippen LogP contribution in [-0.4, -0.2) is 39.1 Å². The summed E-state index contributed by atoms with van der Waals surface area (Å²) < 4.78 is 32.4. The number of ketones is 1. The Morgan fingerprint density at radius 2 is 1.80 bits per heavy atom. The van der Waals surface area contributed by atoms with Gasteiger partial charge in [-0.2, -0.15) is 8.42 Å². The van der Waals surface area contributed by atoms with Gasteiger partial charge in [-0.05, 0) is 44.4 Å². The number of fused-ring (bicyclic) bond motifs is 4. The van der Waals surface area contributed by atoms with Crippen molar-refractivity contribution in [3.8, 4) is 0 Å². The molecule has 0 radical (unpaired) electrons. The molecule has 3 rings (SSSR count). The van der Waals surface area contributed by atoms with E-state index in [-0.39, 0.29) is 6.61 Å². The van der Waals surface area contributed by atoms with Crippen LogP contribution in [0.1, 0.15) is 32.6 Å². The number of carbonyl (C=O) groups is 2. The smallest absolute Gasteiger partial charge is 0.316 e. The molecule has 0 N–H and O–H groups in total. The van der Waals surface area contributed by atoms with E-state index in [9.17, 15) is 18.0 Å². The molecule has 0 spiro atoms. The quantitative estimate of drug-likeness (QED) is 0.436. The van der Waals surface area contributed by atoms with Crippen LogP contribution in [0, 0.1) is 17.8 Å². The van der Waals surface area contributed by atoms with Crippen LogP contribution >= 0.6 is 0 Å². The number of rotatable bonds is 4. The molecular formula is C13H20O6S. The van der Waals surface area contributed by atoms with Crippen molar-refractivity contribution in [2.24, 2.45) is 17.8 Å². The molecule has 3 fully saturated rings. The van der Waals surface area contributed by atoms with Crippen LogP contribution in [0.3, 0.4) is 0 Å². The van der Waals surface area contributed by atoms with Crippen LogP contribution in [0.4, 0.5) is 0 Å². The molecule has 20 heavy (non-hydrogen) atoms. The lowest BCUT2D eigenvalue weighted by atomic mass is 9.65. The summed E-state index contributed by atoms with van der Waals surface area (Å²) in [5, 5.41) is 0. The third-order valence-corrected chi connectivity index (χ3v) is 4.55. The Morgan fingerprint density at radius 1 is 1.20 bits per heavy atom. The summed E-state index contributed by atoms with van der Waals surface area (Å²) in [6, 6.07) is 0. The van der Waals surface area contributed by atoms with Crippen LogP contribution in [0.15, 0.2) is 0 Å². The van der Waals surface area contributed by atoms with Gasteiger partial charge < -0.3 is 4.74 Å². The van der Waals surface area contributed by atoms with Gasteiger partial charge in [0.1, 0.15) is 12.0 Å². The van der Waals surface area contributed by atoms with Gasteiger partial charge in [0.05, 0.1) is 12.9 Å². The second-order valence-corrected chi connectivity index (χ2v) is 7.27. The van der Waals surface area contributed by atoms with Crippen molar-refractivity contribution in [3.05, 3.63) is 0 Å². The summed E-state index contributed by atoms with van der Waals surface area (Å²) in [7, 11) is -3.73. The van der Waals surface area contributed by atoms with E-state index in [4.69, 9.17) is 8.92 Å². The number of hydrogen-bond donors (Lipinski definition) is 0. The molecule has 0 aromatic rings. The van der Waals surface area contributed by atoms with Crippen molar-refractivity contribution >= 4 is 21.9 Å². The lowest BCUT2D eigenvalue weighted by Gasteiger charge is -2.41. The van der Waals surface area contributed by atoms with Gasteiger partial charge in [-0.3, -0.25) is 13.8 Å². The van der Waals surface area contributed by atoms with E-state index < -0.39 is 33.9 Å². The van der Waals surface area contributed by atoms with Gasteiger partial charge in [-0.15, -0.1) is 0 Å². The van der Waals surface area contributed by atoms with Crippen LogP contribution in [0.2, 0.25) is 0 Å². The Hall–Kier alpha value is -0.950. The first-order chi connectivity index (χ1) is 9.30. The van der Waals surface area contributed by atoms with Crippen molar-refractivity contribution in [1.29, 1.82) is 0 Å². The highest BCUT2D eigenvalue weighted by atomic mass is 32.2. The fourth-order valence-corrected chi connectivity index (χ4v) is 3.70. The fraction of sp³-hybridized carbons (Fsp3) is 0.846. The fourth-order valence-electron chi connectivity index (χ4n) is 3.10. The maximum absolute atomic E-state index is 12.4. The van der Waals surface area contributed by atoms with E-state index in [1.807, 2.05) is 0 Å². The standard InChI is InChI=1S/C13H20O6S/c1-3-18-13(15)10-6-8-4-9(5-8)7-11(12(10)14)19-20(2,16)17/h8-11H,3-7H2,1-2H3/t8?,9?,10-,11+/m1/s1. The zero-order chi connectivity index (χ0) is 14.9. The molecule has 3 saturated carbocycles. The van der Waals surface area contributed by atoms with E-state index in [0.717, 1.165) is 19.1 Å². The molecule has 0 amide bonds. The highest BCUT2D eigenvalue weighted by Gasteiger charge is 2.45. The predicted molar refractivity (Wildman–Crippen MR) is 70.3 cm³/mol. The van der Waals surface area contributed by atoms with Crippen LogP contribution in [0.25, 0.3) is 0 Å². The van der Waals surface area contributed by atoms with Crippen molar-refractivity contribution in [1.82, 2.24) is 0 Å². The first-order valence-electron chi connectivity index (χ1n) is 6.88. The maximum atomic E-state index is 12.4. The Morgan fingerprint density at radius 3 is 2.35 bits per heavy atom. The van der Waals surface area contributed by atoms with Gasteiger partial charge >= 0.3 is 5.97 Å². The van der Waals surface area contributed by atoms with Crippen molar-refractivity contribution in [2.45, 2.75) is 38.7 Å². The molecule has 114 valence electrons. The SMILES string of the molecule is CCOC(=O)[C@@H]1CC2CC(C2)C[C@H](OS(C)(=O)=O)C1=O. The monoisotopic (exact) mass is 304 g/mol. The molecule has 0 unspecified atom stereocenters. The summed E-state index contributed by atoms with van der Waals surface area (Å²) in [6.07, 6.45) is 2.53. The van der Waals surface area contributed by atoms with E-state index in [1.54, 1.807) is 6.92 Å². The summed E-state index contributed by atoms with van der Waals surface area (Å²) in [6.45, 7) is 1.88. The average Bonchev–Trinajstić information content (AvgIpc) is 2.26. The third kappa shape index (κ3) is 3.58. The minimum absolute atomic E-state index is 0.202. The molecule has 0 aliphatic heterocycles. The second kappa shape index (κ2) is 5.81. The number of ether oxygens (including phenoxy) is 1. The maximum Gasteiger partial charge on any atom is 0.316 e. The zero-order valence-electron chi connectivity index (χ0n) is 11.7. The number of hydrogen-bond acceptors (Lipinski definition) is 6. The molecule has 6 nitrogen and oxygen atoms in total. The molecule has 0 saturated heterocycles. The molecular weight excluding hydrogens is 284 g/mol. The number of Topliss-reactive ketones (excluding diaryl/α,β-unsaturated/α-hetero) is 1. The normalized spacial score (nSPS) is 33.8. The Kier molecular flexibility index (Phi) is 4.49. The summed E-state index contributed by atoms with van der Waals surface area (Å²) in [4.78, 5) is 24.3. The molecule has 2 atom stereocenters. The summed E-state index contributed by atoms with van der Waals surface area (Å²) in [5.41, 5.74) is 0. The van der Waals surface area contributed by atoms with Crippen molar-refractivity contribution < 1.29 is 26.9 Å². The van der Waals surface area contributed by atoms with E-state index in [1.165, 1.54) is 0 Å². The summed E-state index contributed by atoms with van der Waals surface area (Å²) >= 11 is 0.